The minimum atomic E-state index is -0.643. The molecule has 1 aliphatic heterocycles. The summed E-state index contributed by atoms with van der Waals surface area (Å²) in [7, 11) is 0. The van der Waals surface area contributed by atoms with Crippen LogP contribution in [0, 0.1) is 17.2 Å². The molecule has 0 N–H and O–H groups in total. The Balaban J connectivity index is 2.34. The van der Waals surface area contributed by atoms with Crippen molar-refractivity contribution < 1.29 is 14.3 Å². The Bertz CT molecular complexity index is 215. The molecule has 72 valence electrons. The summed E-state index contributed by atoms with van der Waals surface area (Å²) in [6.07, 6.45) is 0.767. The standard InChI is InChI=1S/C9H13NO3/c1-7(6-10)13-9(11)8-2-4-12-5-3-8/h7-8H,2-5H2,1H3. The molecule has 0 saturated carbocycles. The first-order valence-corrected chi connectivity index (χ1v) is 4.42. The second kappa shape index (κ2) is 4.83. The van der Waals surface area contributed by atoms with Gasteiger partial charge in [-0.25, -0.2) is 0 Å². The number of nitriles is 1. The summed E-state index contributed by atoms with van der Waals surface area (Å²) in [6, 6.07) is 1.86. The van der Waals surface area contributed by atoms with Gasteiger partial charge in [0, 0.05) is 13.2 Å². The summed E-state index contributed by atoms with van der Waals surface area (Å²) in [5, 5.41) is 8.43. The van der Waals surface area contributed by atoms with Gasteiger partial charge in [-0.1, -0.05) is 0 Å². The number of rotatable bonds is 2. The van der Waals surface area contributed by atoms with Gasteiger partial charge in [-0.2, -0.15) is 5.26 Å². The van der Waals surface area contributed by atoms with E-state index in [1.807, 2.05) is 6.07 Å². The summed E-state index contributed by atoms with van der Waals surface area (Å²) >= 11 is 0. The molecule has 1 rings (SSSR count). The van der Waals surface area contributed by atoms with Crippen molar-refractivity contribution in [2.45, 2.75) is 25.9 Å². The van der Waals surface area contributed by atoms with Crippen molar-refractivity contribution in [1.82, 2.24) is 0 Å². The van der Waals surface area contributed by atoms with Gasteiger partial charge in [0.25, 0.3) is 0 Å². The second-order valence-corrected chi connectivity index (χ2v) is 3.09. The number of ether oxygens (including phenoxy) is 2. The molecule has 0 bridgehead atoms. The van der Waals surface area contributed by atoms with Crippen molar-refractivity contribution in [3.63, 3.8) is 0 Å². The maximum Gasteiger partial charge on any atom is 0.310 e. The van der Waals surface area contributed by atoms with Gasteiger partial charge in [0.1, 0.15) is 6.07 Å². The molecule has 0 aromatic rings. The molecule has 1 fully saturated rings. The minimum absolute atomic E-state index is 0.0791. The maximum absolute atomic E-state index is 11.3. The average molecular weight is 183 g/mol. The molecule has 0 aromatic heterocycles. The maximum atomic E-state index is 11.3. The molecule has 1 heterocycles. The Labute approximate surface area is 77.4 Å². The SMILES string of the molecule is CC(C#N)OC(=O)C1CCOCC1. The molecule has 13 heavy (non-hydrogen) atoms. The van der Waals surface area contributed by atoms with E-state index in [9.17, 15) is 4.79 Å². The van der Waals surface area contributed by atoms with Crippen LogP contribution in [-0.4, -0.2) is 25.3 Å². The molecule has 1 atom stereocenters. The van der Waals surface area contributed by atoms with Crippen molar-refractivity contribution in [3.8, 4) is 6.07 Å². The average Bonchev–Trinajstić information content (AvgIpc) is 2.19. The van der Waals surface area contributed by atoms with Crippen LogP contribution in [-0.2, 0) is 14.3 Å². The molecule has 0 radical (unpaired) electrons. The molecule has 1 aliphatic rings. The Morgan fingerprint density at radius 3 is 2.77 bits per heavy atom. The van der Waals surface area contributed by atoms with E-state index in [1.54, 1.807) is 6.92 Å². The molecule has 1 saturated heterocycles. The summed E-state index contributed by atoms with van der Waals surface area (Å²) < 4.78 is 9.99. The Morgan fingerprint density at radius 2 is 2.23 bits per heavy atom. The van der Waals surface area contributed by atoms with Gasteiger partial charge in [-0.15, -0.1) is 0 Å². The minimum Gasteiger partial charge on any atom is -0.447 e. The Morgan fingerprint density at radius 1 is 1.62 bits per heavy atom. The van der Waals surface area contributed by atoms with Gasteiger partial charge in [0.2, 0.25) is 0 Å². The van der Waals surface area contributed by atoms with E-state index in [4.69, 9.17) is 14.7 Å². The molecule has 1 unspecified atom stereocenters. The van der Waals surface area contributed by atoms with Crippen LogP contribution >= 0.6 is 0 Å². The number of esters is 1. The van der Waals surface area contributed by atoms with E-state index in [0.717, 1.165) is 0 Å². The Hall–Kier alpha value is -1.08. The molecule has 0 spiro atoms. The highest BCUT2D eigenvalue weighted by atomic mass is 16.5. The van der Waals surface area contributed by atoms with Gasteiger partial charge in [0.15, 0.2) is 6.10 Å². The van der Waals surface area contributed by atoms with Crippen LogP contribution in [0.15, 0.2) is 0 Å². The molecule has 0 amide bonds. The number of hydrogen-bond acceptors (Lipinski definition) is 4. The lowest BCUT2D eigenvalue weighted by molar-refractivity contribution is -0.153. The first kappa shape index (κ1) is 10.0. The van der Waals surface area contributed by atoms with Crippen LogP contribution in [0.4, 0.5) is 0 Å². The molecule has 4 nitrogen and oxygen atoms in total. The summed E-state index contributed by atoms with van der Waals surface area (Å²) in [6.45, 7) is 2.79. The van der Waals surface area contributed by atoms with Crippen molar-refractivity contribution in [3.05, 3.63) is 0 Å². The van der Waals surface area contributed by atoms with E-state index in [1.165, 1.54) is 0 Å². The predicted octanol–water partition coefficient (Wildman–Crippen LogP) is 0.868. The van der Waals surface area contributed by atoms with Crippen LogP contribution in [0.25, 0.3) is 0 Å². The van der Waals surface area contributed by atoms with E-state index < -0.39 is 6.10 Å². The first-order chi connectivity index (χ1) is 6.24. The predicted molar refractivity (Wildman–Crippen MR) is 44.7 cm³/mol. The molecule has 4 heteroatoms. The van der Waals surface area contributed by atoms with E-state index in [-0.39, 0.29) is 11.9 Å². The largest absolute Gasteiger partial charge is 0.447 e. The summed E-state index contributed by atoms with van der Waals surface area (Å²) in [5.41, 5.74) is 0. The molecule has 0 aliphatic carbocycles. The second-order valence-electron chi connectivity index (χ2n) is 3.09. The van der Waals surface area contributed by atoms with Crippen LogP contribution in [0.2, 0.25) is 0 Å². The zero-order valence-corrected chi connectivity index (χ0v) is 7.66. The van der Waals surface area contributed by atoms with Gasteiger partial charge < -0.3 is 9.47 Å². The highest BCUT2D eigenvalue weighted by Gasteiger charge is 2.24. The zero-order chi connectivity index (χ0) is 9.68. The monoisotopic (exact) mass is 183 g/mol. The number of nitrogens with zero attached hydrogens (tertiary/aromatic N) is 1. The van der Waals surface area contributed by atoms with Gasteiger partial charge >= 0.3 is 5.97 Å². The van der Waals surface area contributed by atoms with E-state index in [2.05, 4.69) is 0 Å². The normalized spacial score (nSPS) is 20.3. The molecular formula is C9H13NO3. The van der Waals surface area contributed by atoms with Gasteiger partial charge in [0.05, 0.1) is 5.92 Å². The van der Waals surface area contributed by atoms with Crippen LogP contribution in [0.1, 0.15) is 19.8 Å². The third-order valence-electron chi connectivity index (χ3n) is 2.03. The first-order valence-electron chi connectivity index (χ1n) is 4.42. The van der Waals surface area contributed by atoms with E-state index >= 15 is 0 Å². The van der Waals surface area contributed by atoms with Crippen molar-refractivity contribution in [1.29, 1.82) is 5.26 Å². The quantitative estimate of drug-likeness (QED) is 0.596. The number of carbonyl (C=O) groups is 1. The molecular weight excluding hydrogens is 170 g/mol. The van der Waals surface area contributed by atoms with Crippen LogP contribution in [0.3, 0.4) is 0 Å². The van der Waals surface area contributed by atoms with Gasteiger partial charge in [-0.05, 0) is 19.8 Å². The topological polar surface area (TPSA) is 59.3 Å². The third-order valence-corrected chi connectivity index (χ3v) is 2.03. The highest BCUT2D eigenvalue weighted by Crippen LogP contribution is 2.16. The van der Waals surface area contributed by atoms with Crippen molar-refractivity contribution >= 4 is 5.97 Å². The lowest BCUT2D eigenvalue weighted by Gasteiger charge is -2.20. The van der Waals surface area contributed by atoms with E-state index in [0.29, 0.717) is 26.1 Å². The summed E-state index contributed by atoms with van der Waals surface area (Å²) in [4.78, 5) is 11.3. The van der Waals surface area contributed by atoms with Gasteiger partial charge in [-0.3, -0.25) is 4.79 Å². The van der Waals surface area contributed by atoms with Crippen molar-refractivity contribution in [2.75, 3.05) is 13.2 Å². The lowest BCUT2D eigenvalue weighted by atomic mass is 10.0. The van der Waals surface area contributed by atoms with Crippen molar-refractivity contribution in [2.24, 2.45) is 5.92 Å². The fraction of sp³-hybridized carbons (Fsp3) is 0.778. The van der Waals surface area contributed by atoms with Crippen LogP contribution in [0.5, 0.6) is 0 Å². The zero-order valence-electron chi connectivity index (χ0n) is 7.66. The molecule has 0 aromatic carbocycles. The third kappa shape index (κ3) is 3.03. The Kier molecular flexibility index (Phi) is 3.71. The smallest absolute Gasteiger partial charge is 0.310 e. The number of carbonyl (C=O) groups excluding carboxylic acids is 1. The number of hydrogen-bond donors (Lipinski definition) is 0. The summed E-state index contributed by atoms with van der Waals surface area (Å²) in [5.74, 6) is -0.345. The highest BCUT2D eigenvalue weighted by molar-refractivity contribution is 5.72. The fourth-order valence-electron chi connectivity index (χ4n) is 1.23. The fourth-order valence-corrected chi connectivity index (χ4v) is 1.23. The lowest BCUT2D eigenvalue weighted by Crippen LogP contribution is -2.27. The van der Waals surface area contributed by atoms with Crippen LogP contribution < -0.4 is 0 Å².